The van der Waals surface area contributed by atoms with E-state index in [0.29, 0.717) is 16.4 Å². The maximum absolute atomic E-state index is 12.1. The Morgan fingerprint density at radius 1 is 1.39 bits per heavy atom. The lowest BCUT2D eigenvalue weighted by molar-refractivity contribution is 0.453. The van der Waals surface area contributed by atoms with Crippen LogP contribution in [0.5, 0.6) is 0 Å². The molecule has 23 heavy (non-hydrogen) atoms. The molecule has 1 fully saturated rings. The summed E-state index contributed by atoms with van der Waals surface area (Å²) >= 11 is 3.42. The molecule has 7 nitrogen and oxygen atoms in total. The molecular weight excluding hydrogens is 360 g/mol. The number of aryl methyl sites for hydroxylation is 1. The van der Waals surface area contributed by atoms with Gasteiger partial charge in [-0.2, -0.15) is 5.10 Å². The smallest absolute Gasteiger partial charge is 0.282 e. The van der Waals surface area contributed by atoms with Gasteiger partial charge in [0, 0.05) is 32.1 Å². The third-order valence-electron chi connectivity index (χ3n) is 4.34. The first-order chi connectivity index (χ1) is 11.0. The summed E-state index contributed by atoms with van der Waals surface area (Å²) in [6.45, 7) is 6.00. The average Bonchev–Trinajstić information content (AvgIpc) is 3.03. The van der Waals surface area contributed by atoms with Crippen molar-refractivity contribution in [2.45, 2.75) is 38.6 Å². The third kappa shape index (κ3) is 3.04. The summed E-state index contributed by atoms with van der Waals surface area (Å²) in [5, 5.41) is 12.6. The first-order valence-electron chi connectivity index (χ1n) is 7.85. The molecule has 0 aromatic carbocycles. The second-order valence-electron chi connectivity index (χ2n) is 6.25. The maximum atomic E-state index is 12.1. The molecule has 0 saturated carbocycles. The summed E-state index contributed by atoms with van der Waals surface area (Å²) in [5.74, 6) is 1.34. The minimum atomic E-state index is -0.116. The van der Waals surface area contributed by atoms with Gasteiger partial charge in [-0.1, -0.05) is 0 Å². The summed E-state index contributed by atoms with van der Waals surface area (Å²) in [5.41, 5.74) is 0.739. The fourth-order valence-corrected chi connectivity index (χ4v) is 3.68. The Balaban J connectivity index is 1.88. The highest BCUT2D eigenvalue weighted by Crippen LogP contribution is 2.31. The van der Waals surface area contributed by atoms with Gasteiger partial charge in [0.2, 0.25) is 0 Å². The van der Waals surface area contributed by atoms with Crippen molar-refractivity contribution in [3.63, 3.8) is 0 Å². The SMILES string of the molecule is CC(C)n1cnnc1C1CCCN(c2cnn(C)c(=O)c2Br)C1. The van der Waals surface area contributed by atoms with Crippen molar-refractivity contribution in [2.24, 2.45) is 7.05 Å². The van der Waals surface area contributed by atoms with Gasteiger partial charge in [-0.25, -0.2) is 4.68 Å². The zero-order chi connectivity index (χ0) is 16.6. The van der Waals surface area contributed by atoms with Crippen LogP contribution >= 0.6 is 15.9 Å². The van der Waals surface area contributed by atoms with Crippen LogP contribution in [0.15, 0.2) is 21.8 Å². The molecule has 0 bridgehead atoms. The van der Waals surface area contributed by atoms with E-state index in [1.807, 2.05) is 0 Å². The lowest BCUT2D eigenvalue weighted by atomic mass is 9.96. The molecule has 1 atom stereocenters. The van der Waals surface area contributed by atoms with Crippen molar-refractivity contribution in [1.82, 2.24) is 24.5 Å². The predicted octanol–water partition coefficient (Wildman–Crippen LogP) is 2.10. The number of hydrogen-bond donors (Lipinski definition) is 0. The zero-order valence-electron chi connectivity index (χ0n) is 13.6. The summed E-state index contributed by atoms with van der Waals surface area (Å²) in [7, 11) is 1.65. The van der Waals surface area contributed by atoms with Crippen LogP contribution in [0, 0.1) is 0 Å². The molecule has 1 saturated heterocycles. The lowest BCUT2D eigenvalue weighted by Gasteiger charge is -2.34. The molecule has 8 heteroatoms. The van der Waals surface area contributed by atoms with Crippen LogP contribution in [0.1, 0.15) is 44.5 Å². The van der Waals surface area contributed by atoms with Crippen molar-refractivity contribution < 1.29 is 0 Å². The standard InChI is InChI=1S/C15H21BrN6O/c1-10(2)22-9-17-19-14(22)11-5-4-6-21(8-11)12-7-18-20(3)15(23)13(12)16/h7,9-11H,4-6,8H2,1-3H3. The number of halogens is 1. The molecule has 1 aliphatic heterocycles. The van der Waals surface area contributed by atoms with Gasteiger partial charge < -0.3 is 9.47 Å². The molecule has 1 unspecified atom stereocenters. The maximum Gasteiger partial charge on any atom is 0.282 e. The number of anilines is 1. The third-order valence-corrected chi connectivity index (χ3v) is 5.09. The van der Waals surface area contributed by atoms with Crippen LogP contribution in [-0.4, -0.2) is 37.6 Å². The Labute approximate surface area is 143 Å². The molecule has 124 valence electrons. The van der Waals surface area contributed by atoms with Gasteiger partial charge in [0.1, 0.15) is 16.6 Å². The molecule has 3 heterocycles. The molecule has 0 radical (unpaired) electrons. The van der Waals surface area contributed by atoms with Gasteiger partial charge in [0.25, 0.3) is 5.56 Å². The first-order valence-corrected chi connectivity index (χ1v) is 8.64. The Kier molecular flexibility index (Phi) is 4.52. The average molecular weight is 381 g/mol. The summed E-state index contributed by atoms with van der Waals surface area (Å²) < 4.78 is 4.04. The molecule has 0 amide bonds. The lowest BCUT2D eigenvalue weighted by Crippen LogP contribution is -2.37. The van der Waals surface area contributed by atoms with Gasteiger partial charge in [-0.05, 0) is 42.6 Å². The van der Waals surface area contributed by atoms with Gasteiger partial charge in [-0.3, -0.25) is 4.79 Å². The Morgan fingerprint density at radius 3 is 2.91 bits per heavy atom. The number of piperidine rings is 1. The second-order valence-corrected chi connectivity index (χ2v) is 7.04. The van der Waals surface area contributed by atoms with Crippen LogP contribution in [0.2, 0.25) is 0 Å². The topological polar surface area (TPSA) is 68.8 Å². The Hall–Kier alpha value is -1.70. The van der Waals surface area contributed by atoms with Crippen molar-refractivity contribution in [3.05, 3.63) is 33.2 Å². The van der Waals surface area contributed by atoms with E-state index in [-0.39, 0.29) is 5.56 Å². The number of nitrogens with zero attached hydrogens (tertiary/aromatic N) is 6. The van der Waals surface area contributed by atoms with E-state index < -0.39 is 0 Å². The van der Waals surface area contributed by atoms with Gasteiger partial charge in [-0.15, -0.1) is 10.2 Å². The fraction of sp³-hybridized carbons (Fsp3) is 0.600. The number of rotatable bonds is 3. The molecule has 1 aliphatic rings. The van der Waals surface area contributed by atoms with E-state index in [0.717, 1.165) is 37.4 Å². The minimum absolute atomic E-state index is 0.116. The van der Waals surface area contributed by atoms with Gasteiger partial charge in [0.05, 0.1) is 11.9 Å². The highest BCUT2D eigenvalue weighted by Gasteiger charge is 2.27. The monoisotopic (exact) mass is 380 g/mol. The van der Waals surface area contributed by atoms with E-state index >= 15 is 0 Å². The van der Waals surface area contributed by atoms with E-state index in [4.69, 9.17) is 0 Å². The summed E-state index contributed by atoms with van der Waals surface area (Å²) in [6.07, 6.45) is 5.69. The normalized spacial score (nSPS) is 18.7. The molecule has 2 aromatic rings. The van der Waals surface area contributed by atoms with E-state index in [1.54, 1.807) is 19.6 Å². The molecule has 0 spiro atoms. The van der Waals surface area contributed by atoms with E-state index in [2.05, 4.69) is 54.5 Å². The number of hydrogen-bond acceptors (Lipinski definition) is 5. The Bertz CT molecular complexity index is 753. The van der Waals surface area contributed by atoms with Crippen molar-refractivity contribution >= 4 is 21.6 Å². The minimum Gasteiger partial charge on any atom is -0.368 e. The molecule has 0 N–H and O–H groups in total. The van der Waals surface area contributed by atoms with Crippen LogP contribution in [-0.2, 0) is 7.05 Å². The van der Waals surface area contributed by atoms with Crippen LogP contribution < -0.4 is 10.5 Å². The first kappa shape index (κ1) is 16.2. The highest BCUT2D eigenvalue weighted by molar-refractivity contribution is 9.10. The largest absolute Gasteiger partial charge is 0.368 e. The highest BCUT2D eigenvalue weighted by atomic mass is 79.9. The fourth-order valence-electron chi connectivity index (χ4n) is 3.07. The second kappa shape index (κ2) is 6.43. The Morgan fingerprint density at radius 2 is 2.17 bits per heavy atom. The molecular formula is C15H21BrN6O. The van der Waals surface area contributed by atoms with Gasteiger partial charge >= 0.3 is 0 Å². The zero-order valence-corrected chi connectivity index (χ0v) is 15.2. The van der Waals surface area contributed by atoms with Crippen molar-refractivity contribution in [2.75, 3.05) is 18.0 Å². The van der Waals surface area contributed by atoms with Gasteiger partial charge in [0.15, 0.2) is 0 Å². The van der Waals surface area contributed by atoms with Crippen LogP contribution in [0.4, 0.5) is 5.69 Å². The van der Waals surface area contributed by atoms with Crippen molar-refractivity contribution in [3.8, 4) is 0 Å². The summed E-state index contributed by atoms with van der Waals surface area (Å²) in [6, 6.07) is 0.341. The molecule has 3 rings (SSSR count). The van der Waals surface area contributed by atoms with Crippen LogP contribution in [0.25, 0.3) is 0 Å². The molecule has 2 aromatic heterocycles. The summed E-state index contributed by atoms with van der Waals surface area (Å²) in [4.78, 5) is 14.3. The molecule has 0 aliphatic carbocycles. The predicted molar refractivity (Wildman–Crippen MR) is 91.8 cm³/mol. The quantitative estimate of drug-likeness (QED) is 0.815. The van der Waals surface area contributed by atoms with E-state index in [9.17, 15) is 4.79 Å². The van der Waals surface area contributed by atoms with E-state index in [1.165, 1.54) is 4.68 Å². The van der Waals surface area contributed by atoms with Crippen molar-refractivity contribution in [1.29, 1.82) is 0 Å². The van der Waals surface area contributed by atoms with Crippen LogP contribution in [0.3, 0.4) is 0 Å². The number of aromatic nitrogens is 5.